The summed E-state index contributed by atoms with van der Waals surface area (Å²) < 4.78 is 0. The normalized spacial score (nSPS) is 9.79. The Morgan fingerprint density at radius 3 is 2.21 bits per heavy atom. The van der Waals surface area contributed by atoms with E-state index in [0.29, 0.717) is 0 Å². The molecule has 0 atom stereocenters. The van der Waals surface area contributed by atoms with Crippen LogP contribution in [0.4, 0.5) is 17.1 Å². The molecule has 0 aliphatic rings. The first-order valence-corrected chi connectivity index (χ1v) is 3.62. The van der Waals surface area contributed by atoms with E-state index in [4.69, 9.17) is 5.73 Å². The van der Waals surface area contributed by atoms with Crippen molar-refractivity contribution in [1.29, 1.82) is 0 Å². The topological polar surface area (TPSA) is 112 Å². The molecule has 0 spiro atoms. The first kappa shape index (κ1) is 9.90. The Bertz CT molecular complexity index is 416. The minimum Gasteiger partial charge on any atom is -0.398 e. The molecule has 0 amide bonds. The number of rotatable bonds is 2. The molecule has 1 aromatic rings. The summed E-state index contributed by atoms with van der Waals surface area (Å²) in [5.41, 5.74) is 4.96. The lowest BCUT2D eigenvalue weighted by Gasteiger charge is -2.00. The van der Waals surface area contributed by atoms with Crippen LogP contribution in [0.25, 0.3) is 0 Å². The van der Waals surface area contributed by atoms with Crippen molar-refractivity contribution in [3.05, 3.63) is 37.9 Å². The van der Waals surface area contributed by atoms with Crippen LogP contribution in [0.1, 0.15) is 5.56 Å². The Hall–Kier alpha value is -2.18. The second-order valence-corrected chi connectivity index (χ2v) is 2.69. The fourth-order valence-electron chi connectivity index (χ4n) is 1.00. The summed E-state index contributed by atoms with van der Waals surface area (Å²) in [6.07, 6.45) is 0. The molecule has 0 aliphatic heterocycles. The largest absolute Gasteiger partial charge is 0.398 e. The van der Waals surface area contributed by atoms with Gasteiger partial charge in [-0.1, -0.05) is 0 Å². The van der Waals surface area contributed by atoms with Crippen LogP contribution in [0.2, 0.25) is 0 Å². The number of non-ortho nitro benzene ring substituents is 1. The third-order valence-electron chi connectivity index (χ3n) is 1.81. The van der Waals surface area contributed by atoms with Crippen molar-refractivity contribution < 1.29 is 9.85 Å². The molecule has 0 fully saturated rings. The maximum absolute atomic E-state index is 10.5. The highest BCUT2D eigenvalue weighted by Crippen LogP contribution is 2.29. The number of anilines is 1. The molecule has 0 unspecified atom stereocenters. The number of nitrogens with zero attached hydrogens (tertiary/aromatic N) is 2. The van der Waals surface area contributed by atoms with Crippen LogP contribution in [0.5, 0.6) is 0 Å². The third-order valence-corrected chi connectivity index (χ3v) is 1.81. The van der Waals surface area contributed by atoms with Gasteiger partial charge in [-0.15, -0.1) is 0 Å². The van der Waals surface area contributed by atoms with E-state index in [1.807, 2.05) is 0 Å². The molecule has 7 nitrogen and oxygen atoms in total. The fraction of sp³-hybridized carbons (Fsp3) is 0.143. The Balaban J connectivity index is 3.43. The number of nitrogen functional groups attached to an aromatic ring is 1. The monoisotopic (exact) mass is 209 g/mol. The molecule has 1 aromatic carbocycles. The van der Waals surface area contributed by atoms with Crippen molar-refractivity contribution in [1.82, 2.24) is 0 Å². The van der Waals surface area contributed by atoms with E-state index in [0.717, 1.165) is 12.1 Å². The van der Waals surface area contributed by atoms with E-state index in [2.05, 4.69) is 0 Å². The summed E-state index contributed by atoms with van der Waals surface area (Å²) in [7, 11) is 0. The van der Waals surface area contributed by atoms with Crippen LogP contribution in [-0.4, -0.2) is 9.85 Å². The quantitative estimate of drug-likeness (QED) is 0.449. The summed E-state index contributed by atoms with van der Waals surface area (Å²) in [5.74, 6) is 0. The van der Waals surface area contributed by atoms with Crippen molar-refractivity contribution in [2.75, 3.05) is 5.73 Å². The molecule has 14 heavy (non-hydrogen) atoms. The second-order valence-electron chi connectivity index (χ2n) is 2.69. The molecule has 0 heterocycles. The molecule has 0 saturated heterocycles. The van der Waals surface area contributed by atoms with Gasteiger partial charge >= 0.3 is 0 Å². The molecule has 7 heteroatoms. The Kier molecular flexibility index (Phi) is 2.32. The van der Waals surface area contributed by atoms with E-state index in [1.165, 1.54) is 6.92 Å². The Labute approximate surface area is 78.4 Å². The van der Waals surface area contributed by atoms with E-state index >= 15 is 0 Å². The summed E-state index contributed by atoms with van der Waals surface area (Å²) in [6, 6.07) is 1.99. The van der Waals surface area contributed by atoms with Gasteiger partial charge in [-0.3, -0.25) is 20.2 Å². The van der Waals surface area contributed by atoms with Gasteiger partial charge in [-0.25, -0.2) is 0 Å². The number of nitrogens with two attached hydrogens (primary N) is 1. The van der Waals surface area contributed by atoms with Crippen LogP contribution < -0.4 is 5.73 Å². The zero-order chi connectivity index (χ0) is 10.9. The molecule has 0 aliphatic carbocycles. The van der Waals surface area contributed by atoms with Crippen molar-refractivity contribution in [3.63, 3.8) is 0 Å². The standard InChI is InChI=1S/C7H7N3O4/c1-4-6(8)2-5(9(11)12)3-7(4)10(13)14/h2-3H,8H2,1H3/i2+2,3+2,4+2,5+2,6+2,7+2. The molecule has 0 aromatic heterocycles. The van der Waals surface area contributed by atoms with Crippen molar-refractivity contribution in [2.24, 2.45) is 0 Å². The van der Waals surface area contributed by atoms with Gasteiger partial charge in [0.05, 0.1) is 21.5 Å². The lowest BCUT2D eigenvalue weighted by molar-refractivity contribution is -0.394. The minimum absolute atomic E-state index is 0.0471. The molecule has 2 N–H and O–H groups in total. The predicted octanol–water partition coefficient (Wildman–Crippen LogP) is 1.39. The molecule has 1 rings (SSSR count). The second kappa shape index (κ2) is 3.29. The third kappa shape index (κ3) is 1.60. The molecule has 0 bridgehead atoms. The van der Waals surface area contributed by atoms with Crippen LogP contribution >= 0.6 is 0 Å². The average Bonchev–Trinajstić information content (AvgIpc) is 2.08. The maximum atomic E-state index is 10.5. The molecule has 0 radical (unpaired) electrons. The SMILES string of the molecule is C[14c]1[14c](N)[14cH][14c]([N+](=O)[O-])[14cH][14c]1[N+](=O)[O-]. The number of hydrogen-bond acceptors (Lipinski definition) is 5. The van der Waals surface area contributed by atoms with E-state index in [-0.39, 0.29) is 22.6 Å². The molecule has 74 valence electrons. The van der Waals surface area contributed by atoms with Gasteiger partial charge in [-0.2, -0.15) is 0 Å². The van der Waals surface area contributed by atoms with Gasteiger partial charge in [0.1, 0.15) is 0 Å². The first-order chi connectivity index (χ1) is 6.43. The van der Waals surface area contributed by atoms with Crippen LogP contribution in [0.3, 0.4) is 0 Å². The van der Waals surface area contributed by atoms with Gasteiger partial charge in [0, 0.05) is 11.8 Å². The number of nitro groups is 2. The van der Waals surface area contributed by atoms with Crippen LogP contribution in [-0.2, 0) is 0 Å². The van der Waals surface area contributed by atoms with Gasteiger partial charge in [-0.05, 0) is 6.92 Å². The summed E-state index contributed by atoms with van der Waals surface area (Å²) in [6.45, 7) is 1.44. The highest BCUT2D eigenvalue weighted by Gasteiger charge is 2.19. The van der Waals surface area contributed by atoms with E-state index < -0.39 is 9.85 Å². The molecular weight excluding hydrogens is 202 g/mol. The zero-order valence-corrected chi connectivity index (χ0v) is 7.26. The zero-order valence-electron chi connectivity index (χ0n) is 7.26. The highest BCUT2D eigenvalue weighted by atomic mass is 16.7. The van der Waals surface area contributed by atoms with Gasteiger partial charge in [0.2, 0.25) is 0 Å². The van der Waals surface area contributed by atoms with Crippen molar-refractivity contribution >= 4 is 17.1 Å². The smallest absolute Gasteiger partial charge is 0.281 e. The van der Waals surface area contributed by atoms with Crippen molar-refractivity contribution in [2.45, 2.75) is 6.92 Å². The summed E-state index contributed by atoms with van der Waals surface area (Å²) in [4.78, 5) is 19.4. The maximum Gasteiger partial charge on any atom is 0.281 e. The fourth-order valence-corrected chi connectivity index (χ4v) is 1.00. The van der Waals surface area contributed by atoms with Crippen LogP contribution in [0.15, 0.2) is 12.1 Å². The Morgan fingerprint density at radius 2 is 1.79 bits per heavy atom. The van der Waals surface area contributed by atoms with Crippen LogP contribution in [0, 0.1) is 27.2 Å². The Morgan fingerprint density at radius 1 is 1.21 bits per heavy atom. The lowest BCUT2D eigenvalue weighted by atomic mass is 11.5. The van der Waals surface area contributed by atoms with Gasteiger partial charge < -0.3 is 5.73 Å². The summed E-state index contributed by atoms with van der Waals surface area (Å²) >= 11 is 0. The average molecular weight is 209 g/mol. The molecule has 0 saturated carbocycles. The van der Waals surface area contributed by atoms with Gasteiger partial charge in [0.25, 0.3) is 11.4 Å². The minimum atomic E-state index is -0.719. The predicted molar refractivity (Wildman–Crippen MR) is 48.9 cm³/mol. The van der Waals surface area contributed by atoms with E-state index in [1.54, 1.807) is 0 Å². The highest BCUT2D eigenvalue weighted by molar-refractivity contribution is 5.63. The van der Waals surface area contributed by atoms with Gasteiger partial charge in [0.15, 0.2) is 0 Å². The first-order valence-electron chi connectivity index (χ1n) is 3.62. The summed E-state index contributed by atoms with van der Waals surface area (Å²) in [5, 5.41) is 20.8. The number of nitro benzene ring substituents is 2. The number of hydrogen-bond donors (Lipinski definition) is 1. The van der Waals surface area contributed by atoms with Crippen molar-refractivity contribution in [3.8, 4) is 0 Å². The lowest BCUT2D eigenvalue weighted by Crippen LogP contribution is -1.99. The molecular formula is C7H7N3O4. The van der Waals surface area contributed by atoms with E-state index in [9.17, 15) is 20.2 Å². The number of benzene rings is 1.